The van der Waals surface area contributed by atoms with Gasteiger partial charge in [0.15, 0.2) is 0 Å². The highest BCUT2D eigenvalue weighted by Crippen LogP contribution is 2.44. The van der Waals surface area contributed by atoms with Gasteiger partial charge in [0.05, 0.1) is 35.1 Å². The summed E-state index contributed by atoms with van der Waals surface area (Å²) in [6.07, 6.45) is -14.6. The monoisotopic (exact) mass is 538 g/mol. The SMILES string of the molecule is CCC1CN([C@@H](c2cc(C(F)(F)F)cc(C(F)(F)F)c2)c2nnn(C)n2)c2cc(C(F)(F)F)ccc2N1. The normalized spacial score (nSPS) is 17.4. The van der Waals surface area contributed by atoms with E-state index in [1.165, 1.54) is 18.0 Å². The van der Waals surface area contributed by atoms with E-state index >= 15 is 0 Å². The first-order valence-corrected chi connectivity index (χ1v) is 10.9. The Labute approximate surface area is 204 Å². The number of nitrogens with zero attached hydrogens (tertiary/aromatic N) is 5. The Bertz CT molecular complexity index is 1250. The van der Waals surface area contributed by atoms with Crippen LogP contribution in [0.1, 0.15) is 47.5 Å². The number of tetrazole rings is 1. The van der Waals surface area contributed by atoms with Crippen molar-refractivity contribution in [1.82, 2.24) is 20.2 Å². The van der Waals surface area contributed by atoms with Gasteiger partial charge in [-0.1, -0.05) is 6.92 Å². The first kappa shape index (κ1) is 26.5. The van der Waals surface area contributed by atoms with Gasteiger partial charge >= 0.3 is 18.5 Å². The van der Waals surface area contributed by atoms with Crippen LogP contribution in [0.4, 0.5) is 50.9 Å². The van der Waals surface area contributed by atoms with E-state index in [0.717, 1.165) is 16.9 Å². The number of rotatable bonds is 4. The summed E-state index contributed by atoms with van der Waals surface area (Å²) in [7, 11) is 1.34. The molecule has 3 aromatic rings. The minimum Gasteiger partial charge on any atom is -0.379 e. The molecule has 0 bridgehead atoms. The number of aromatic nitrogens is 4. The summed E-state index contributed by atoms with van der Waals surface area (Å²) in [5, 5.41) is 14.5. The van der Waals surface area contributed by atoms with Crippen molar-refractivity contribution in [2.75, 3.05) is 16.8 Å². The highest BCUT2D eigenvalue weighted by molar-refractivity contribution is 5.75. The molecule has 2 atom stereocenters. The highest BCUT2D eigenvalue weighted by atomic mass is 19.4. The Morgan fingerprint density at radius 2 is 1.49 bits per heavy atom. The second-order valence-corrected chi connectivity index (χ2v) is 8.51. The average Bonchev–Trinajstić information content (AvgIpc) is 3.22. The van der Waals surface area contributed by atoms with Gasteiger partial charge < -0.3 is 10.2 Å². The lowest BCUT2D eigenvalue weighted by atomic mass is 9.95. The molecule has 1 aromatic heterocycles. The first-order valence-electron chi connectivity index (χ1n) is 10.9. The van der Waals surface area contributed by atoms with Crippen LogP contribution in [-0.4, -0.2) is 32.8 Å². The fraction of sp³-hybridized carbons (Fsp3) is 0.409. The molecule has 0 saturated heterocycles. The van der Waals surface area contributed by atoms with Crippen LogP contribution in [0.5, 0.6) is 0 Å². The molecular formula is C22H19F9N6. The van der Waals surface area contributed by atoms with Gasteiger partial charge in [-0.05, 0) is 53.6 Å². The van der Waals surface area contributed by atoms with E-state index in [4.69, 9.17) is 0 Å². The smallest absolute Gasteiger partial charge is 0.379 e. The Hall–Kier alpha value is -3.52. The molecule has 1 aliphatic heterocycles. The van der Waals surface area contributed by atoms with Crippen LogP contribution in [0.3, 0.4) is 0 Å². The van der Waals surface area contributed by atoms with Gasteiger partial charge in [0, 0.05) is 12.6 Å². The lowest BCUT2D eigenvalue weighted by Gasteiger charge is -2.41. The number of alkyl halides is 9. The minimum atomic E-state index is -5.13. The summed E-state index contributed by atoms with van der Waals surface area (Å²) in [6, 6.07) is 1.90. The quantitative estimate of drug-likeness (QED) is 0.409. The third-order valence-electron chi connectivity index (χ3n) is 5.91. The number of fused-ring (bicyclic) bond motifs is 1. The minimum absolute atomic E-state index is 0.0209. The second-order valence-electron chi connectivity index (χ2n) is 8.51. The zero-order valence-corrected chi connectivity index (χ0v) is 19.2. The maximum absolute atomic E-state index is 13.6. The number of aryl methyl sites for hydroxylation is 1. The number of hydrogen-bond donors (Lipinski definition) is 1. The average molecular weight is 538 g/mol. The fourth-order valence-corrected chi connectivity index (χ4v) is 4.16. The van der Waals surface area contributed by atoms with Crippen molar-refractivity contribution in [3.63, 3.8) is 0 Å². The standard InChI is InChI=1S/C22H19F9N6/c1-3-15-10-37(17-9-12(20(23,24)25)4-5-16(17)32-15)18(19-33-35-36(2)34-19)11-6-13(21(26,27)28)8-14(7-11)22(29,30)31/h4-9,15,18,32H,3,10H2,1-2H3/t15?,18-/m0/s1. The molecule has 0 spiro atoms. The lowest BCUT2D eigenvalue weighted by Crippen LogP contribution is -2.44. The van der Waals surface area contributed by atoms with Crippen LogP contribution >= 0.6 is 0 Å². The van der Waals surface area contributed by atoms with Crippen LogP contribution in [0.25, 0.3) is 0 Å². The molecule has 15 heteroatoms. The largest absolute Gasteiger partial charge is 0.416 e. The Morgan fingerprint density at radius 3 is 1.97 bits per heavy atom. The number of anilines is 2. The third-order valence-corrected chi connectivity index (χ3v) is 5.91. The number of benzene rings is 2. The van der Waals surface area contributed by atoms with E-state index in [-0.39, 0.29) is 29.8 Å². The van der Waals surface area contributed by atoms with Crippen molar-refractivity contribution in [2.24, 2.45) is 7.05 Å². The topological polar surface area (TPSA) is 58.9 Å². The van der Waals surface area contributed by atoms with Crippen molar-refractivity contribution < 1.29 is 39.5 Å². The van der Waals surface area contributed by atoms with Gasteiger partial charge in [-0.2, -0.15) is 44.3 Å². The predicted molar refractivity (Wildman–Crippen MR) is 114 cm³/mol. The molecule has 37 heavy (non-hydrogen) atoms. The molecule has 0 amide bonds. The van der Waals surface area contributed by atoms with E-state index in [2.05, 4.69) is 20.7 Å². The van der Waals surface area contributed by atoms with Crippen molar-refractivity contribution in [1.29, 1.82) is 0 Å². The van der Waals surface area contributed by atoms with Crippen LogP contribution in [-0.2, 0) is 25.6 Å². The Kier molecular flexibility index (Phi) is 6.53. The first-order chi connectivity index (χ1) is 17.1. The van der Waals surface area contributed by atoms with E-state index in [1.54, 1.807) is 6.92 Å². The van der Waals surface area contributed by atoms with Gasteiger partial charge in [-0.3, -0.25) is 0 Å². The maximum atomic E-state index is 13.6. The van der Waals surface area contributed by atoms with Crippen LogP contribution in [0, 0.1) is 0 Å². The molecule has 0 saturated carbocycles. The summed E-state index contributed by atoms with van der Waals surface area (Å²) in [4.78, 5) is 2.23. The third kappa shape index (κ3) is 5.44. The maximum Gasteiger partial charge on any atom is 0.416 e. The number of nitrogens with one attached hydrogen (secondary N) is 1. The van der Waals surface area contributed by atoms with Crippen molar-refractivity contribution >= 4 is 11.4 Å². The molecule has 1 unspecified atom stereocenters. The molecule has 6 nitrogen and oxygen atoms in total. The van der Waals surface area contributed by atoms with Gasteiger partial charge in [0.25, 0.3) is 0 Å². The van der Waals surface area contributed by atoms with E-state index in [9.17, 15) is 39.5 Å². The van der Waals surface area contributed by atoms with Crippen molar-refractivity contribution in [2.45, 2.75) is 44.0 Å². The molecule has 0 fully saturated rings. The van der Waals surface area contributed by atoms with Gasteiger partial charge in [-0.25, -0.2) is 0 Å². The fourth-order valence-electron chi connectivity index (χ4n) is 4.16. The van der Waals surface area contributed by atoms with Crippen molar-refractivity contribution in [3.8, 4) is 0 Å². The van der Waals surface area contributed by atoms with E-state index < -0.39 is 52.9 Å². The lowest BCUT2D eigenvalue weighted by molar-refractivity contribution is -0.143. The van der Waals surface area contributed by atoms with Gasteiger partial charge in [0.1, 0.15) is 6.04 Å². The molecule has 2 aromatic carbocycles. The molecule has 200 valence electrons. The summed E-state index contributed by atoms with van der Waals surface area (Å²) in [5.74, 6) is -0.282. The Balaban J connectivity index is 1.99. The predicted octanol–water partition coefficient (Wildman–Crippen LogP) is 6.07. The molecule has 1 N–H and O–H groups in total. The van der Waals surface area contributed by atoms with Crippen LogP contribution in [0.15, 0.2) is 36.4 Å². The molecule has 1 aliphatic rings. The summed E-state index contributed by atoms with van der Waals surface area (Å²) < 4.78 is 122. The molecule has 2 heterocycles. The molecule has 0 radical (unpaired) electrons. The summed E-state index contributed by atoms with van der Waals surface area (Å²) in [6.45, 7) is 1.71. The van der Waals surface area contributed by atoms with Crippen molar-refractivity contribution in [3.05, 3.63) is 64.5 Å². The zero-order chi connectivity index (χ0) is 27.3. The van der Waals surface area contributed by atoms with Gasteiger partial charge in [0.2, 0.25) is 5.82 Å². The molecule has 0 aliphatic carbocycles. The van der Waals surface area contributed by atoms with Crippen LogP contribution in [0.2, 0.25) is 0 Å². The summed E-state index contributed by atoms with van der Waals surface area (Å²) >= 11 is 0. The Morgan fingerprint density at radius 1 is 0.892 bits per heavy atom. The van der Waals surface area contributed by atoms with E-state index in [1.807, 2.05) is 0 Å². The van der Waals surface area contributed by atoms with Crippen LogP contribution < -0.4 is 10.2 Å². The van der Waals surface area contributed by atoms with Gasteiger partial charge in [-0.15, -0.1) is 10.2 Å². The highest BCUT2D eigenvalue weighted by Gasteiger charge is 2.41. The molecular weight excluding hydrogens is 519 g/mol. The second kappa shape index (κ2) is 9.10. The number of halogens is 9. The molecule has 4 rings (SSSR count). The summed E-state index contributed by atoms with van der Waals surface area (Å²) in [5.41, 5.74) is -4.55. The number of hydrogen-bond acceptors (Lipinski definition) is 5. The van der Waals surface area contributed by atoms with E-state index in [0.29, 0.717) is 18.6 Å². The zero-order valence-electron chi connectivity index (χ0n) is 19.2.